The van der Waals surface area contributed by atoms with Gasteiger partial charge in [-0.05, 0) is 72.9 Å². The molecule has 2 fully saturated rings. The van der Waals surface area contributed by atoms with Crippen LogP contribution in [0.15, 0.2) is 46.8 Å². The number of thioether (sulfide) groups is 1. The molecule has 24 heteroatoms. The molecule has 374 valence electrons. The van der Waals surface area contributed by atoms with Crippen LogP contribution in [0.25, 0.3) is 0 Å². The maximum Gasteiger partial charge on any atom is 0.300 e. The quantitative estimate of drug-likeness (QED) is 0.0674. The van der Waals surface area contributed by atoms with Crippen molar-refractivity contribution in [1.82, 2.24) is 36.8 Å². The number of aliphatic imine (C=N–C) groups is 1. The number of thiophene rings is 1. The van der Waals surface area contributed by atoms with E-state index in [-0.39, 0.29) is 43.4 Å². The van der Waals surface area contributed by atoms with E-state index in [0.29, 0.717) is 61.5 Å². The van der Waals surface area contributed by atoms with Crippen LogP contribution in [0.4, 0.5) is 0 Å². The number of nitrogens with zero attached hydrogens (tertiary/aromatic N) is 2. The van der Waals surface area contributed by atoms with E-state index in [1.807, 2.05) is 5.38 Å². The van der Waals surface area contributed by atoms with Gasteiger partial charge >= 0.3 is 0 Å². The molecule has 0 saturated carbocycles. The number of nitrogens with one attached hydrogen (secondary N) is 6. The van der Waals surface area contributed by atoms with Crippen molar-refractivity contribution < 1.29 is 48.3 Å². The van der Waals surface area contributed by atoms with Crippen molar-refractivity contribution in [2.45, 2.75) is 115 Å². The number of rotatable bonds is 14. The molecule has 3 heterocycles. The van der Waals surface area contributed by atoms with Gasteiger partial charge in [0.1, 0.15) is 36.3 Å². The largest absolute Gasteiger partial charge is 0.481 e. The second kappa shape index (κ2) is 29.1. The SMILES string of the molecule is CC(=O)O.CC(C)[C@@H]1NC(=O)[C@H](Cc2cccs2)NC(=O)[C@H](Cc2ccc(Cl)cc2)NC(=O)CCCSC[C@@H](C(=O)N2CCC[C@H]2C(=O)NCCCCN=C(N)N)NC(=O)[C@H](CC(N)=O)NC1=O. The molecule has 6 atom stereocenters. The molecule has 4 rings (SSSR count). The predicted molar refractivity (Wildman–Crippen MR) is 259 cm³/mol. The average Bonchev–Trinajstić information content (AvgIpc) is 3.98. The molecule has 2 aliphatic rings. The first kappa shape index (κ1) is 56.4. The Morgan fingerprint density at radius 2 is 1.51 bits per heavy atom. The van der Waals surface area contributed by atoms with Gasteiger partial charge in [0.25, 0.3) is 5.97 Å². The van der Waals surface area contributed by atoms with Gasteiger partial charge in [0.05, 0.1) is 6.42 Å². The maximum atomic E-state index is 14.3. The minimum atomic E-state index is -1.55. The zero-order valence-corrected chi connectivity index (χ0v) is 40.8. The molecule has 2 saturated heterocycles. The summed E-state index contributed by atoms with van der Waals surface area (Å²) < 4.78 is 0. The summed E-state index contributed by atoms with van der Waals surface area (Å²) in [6.07, 6.45) is 1.97. The molecule has 8 amide bonds. The Balaban J connectivity index is 0.00000294. The van der Waals surface area contributed by atoms with E-state index >= 15 is 0 Å². The van der Waals surface area contributed by atoms with Gasteiger partial charge in [-0.2, -0.15) is 11.8 Å². The van der Waals surface area contributed by atoms with Gasteiger partial charge in [-0.25, -0.2) is 0 Å². The molecule has 2 aliphatic heterocycles. The Labute approximate surface area is 408 Å². The fraction of sp³-hybridized carbons (Fsp3) is 0.545. The number of unbranched alkanes of at least 4 members (excludes halogenated alkanes) is 1. The highest BCUT2D eigenvalue weighted by Crippen LogP contribution is 2.21. The van der Waals surface area contributed by atoms with Crippen molar-refractivity contribution >= 4 is 93.9 Å². The van der Waals surface area contributed by atoms with Crippen LogP contribution in [0.5, 0.6) is 0 Å². The third-order valence-corrected chi connectivity index (χ3v) is 12.8. The van der Waals surface area contributed by atoms with Crippen LogP contribution < -0.4 is 49.1 Å². The number of hydrogen-bond acceptors (Lipinski definition) is 12. The molecule has 0 bridgehead atoms. The summed E-state index contributed by atoms with van der Waals surface area (Å²) in [4.78, 5) is 125. The Kier molecular flexibility index (Phi) is 24.1. The number of carbonyl (C=O) groups excluding carboxylic acids is 8. The Morgan fingerprint density at radius 3 is 2.15 bits per heavy atom. The number of likely N-dealkylation sites (tertiary alicyclic amines) is 1. The van der Waals surface area contributed by atoms with E-state index in [1.54, 1.807) is 50.2 Å². The minimum Gasteiger partial charge on any atom is -0.481 e. The van der Waals surface area contributed by atoms with Crippen molar-refractivity contribution in [3.63, 3.8) is 0 Å². The summed E-state index contributed by atoms with van der Waals surface area (Å²) in [5, 5.41) is 26.2. The maximum absolute atomic E-state index is 14.3. The zero-order valence-electron chi connectivity index (χ0n) is 38.4. The highest BCUT2D eigenvalue weighted by molar-refractivity contribution is 7.99. The lowest BCUT2D eigenvalue weighted by molar-refractivity contribution is -0.141. The molecule has 1 aromatic carbocycles. The topological polar surface area (TPSA) is 340 Å². The highest BCUT2D eigenvalue weighted by Gasteiger charge is 2.39. The number of halogens is 1. The summed E-state index contributed by atoms with van der Waals surface area (Å²) in [6.45, 7) is 5.39. The van der Waals surface area contributed by atoms with Crippen molar-refractivity contribution in [2.24, 2.45) is 28.1 Å². The van der Waals surface area contributed by atoms with E-state index in [4.69, 9.17) is 38.7 Å². The molecule has 0 unspecified atom stereocenters. The van der Waals surface area contributed by atoms with Gasteiger partial charge in [0, 0.05) is 61.5 Å². The number of carboxylic acids is 1. The zero-order chi connectivity index (χ0) is 50.3. The number of aliphatic carboxylic acids is 1. The van der Waals surface area contributed by atoms with Gasteiger partial charge in [0.15, 0.2) is 5.96 Å². The first-order valence-corrected chi connectivity index (χ1v) is 24.6. The Hall–Kier alpha value is -5.94. The van der Waals surface area contributed by atoms with Crippen molar-refractivity contribution in [1.29, 1.82) is 0 Å². The van der Waals surface area contributed by atoms with Gasteiger partial charge < -0.3 is 59.1 Å². The molecule has 13 N–H and O–H groups in total. The molecule has 0 spiro atoms. The van der Waals surface area contributed by atoms with E-state index in [0.717, 1.165) is 11.8 Å². The van der Waals surface area contributed by atoms with Crippen LogP contribution in [0.1, 0.15) is 76.2 Å². The van der Waals surface area contributed by atoms with E-state index in [2.05, 4.69) is 36.9 Å². The molecule has 21 nitrogen and oxygen atoms in total. The lowest BCUT2D eigenvalue weighted by atomic mass is 10.0. The number of nitrogens with two attached hydrogens (primary N) is 3. The summed E-state index contributed by atoms with van der Waals surface area (Å²) in [7, 11) is 0. The van der Waals surface area contributed by atoms with Gasteiger partial charge in [-0.15, -0.1) is 11.3 Å². The third kappa shape index (κ3) is 20.1. The van der Waals surface area contributed by atoms with Gasteiger partial charge in [-0.3, -0.25) is 48.1 Å². The Bertz CT molecular complexity index is 2070. The van der Waals surface area contributed by atoms with Crippen molar-refractivity contribution in [2.75, 3.05) is 31.1 Å². The lowest BCUT2D eigenvalue weighted by Gasteiger charge is -2.30. The number of carbonyl (C=O) groups is 9. The van der Waals surface area contributed by atoms with Crippen LogP contribution in [-0.2, 0) is 56.0 Å². The first-order chi connectivity index (χ1) is 32.2. The predicted octanol–water partition coefficient (Wildman–Crippen LogP) is -0.0792. The number of benzene rings is 1. The molecule has 1 aromatic heterocycles. The van der Waals surface area contributed by atoms with Crippen LogP contribution in [0.2, 0.25) is 5.02 Å². The summed E-state index contributed by atoms with van der Waals surface area (Å²) in [5.74, 6) is -6.36. The van der Waals surface area contributed by atoms with E-state index in [1.165, 1.54) is 28.0 Å². The second-order valence-corrected chi connectivity index (χ2v) is 19.1. The number of guanidine groups is 1. The average molecular weight is 1010 g/mol. The summed E-state index contributed by atoms with van der Waals surface area (Å²) >= 11 is 8.75. The molecule has 2 aromatic rings. The first-order valence-electron chi connectivity index (χ1n) is 22.2. The normalized spacial score (nSPS) is 22.2. The molecule has 0 radical (unpaired) electrons. The number of primary amides is 1. The molecular weight excluding hydrogens is 942 g/mol. The molecular formula is C44H64ClN11O10S2. The third-order valence-electron chi connectivity index (χ3n) is 10.5. The monoisotopic (exact) mass is 1010 g/mol. The number of hydrogen-bond donors (Lipinski definition) is 10. The highest BCUT2D eigenvalue weighted by atomic mass is 35.5. The van der Waals surface area contributed by atoms with Crippen molar-refractivity contribution in [3.05, 3.63) is 57.2 Å². The second-order valence-electron chi connectivity index (χ2n) is 16.5. The lowest BCUT2D eigenvalue weighted by Crippen LogP contribution is -2.61. The van der Waals surface area contributed by atoms with E-state index < -0.39 is 95.9 Å². The summed E-state index contributed by atoms with van der Waals surface area (Å²) in [5.41, 5.74) is 17.0. The van der Waals surface area contributed by atoms with Crippen LogP contribution >= 0.6 is 34.7 Å². The standard InChI is InChI=1S/C42H60ClN11O8S2.C2H4O2/c1-24(2)35-40(61)51-30(22-33(44)55)37(58)52-31(41(62)54-17-5-9-32(54)39(60)47-15-3-4-16-48-42(45)46)23-63-18-7-10-34(56)49-28(20-25-11-13-26(43)14-12-25)36(57)50-29(38(59)53-35)21-27-8-6-19-64-27;1-2(3)4/h6,8,11-14,19,24,28-32,35H,3-5,7,9-10,15-18,20-23H2,1-2H3,(H2,44,55)(H,47,60)(H,49,56)(H,50,57)(H,51,61)(H,52,58)(H,53,59)(H4,45,46,48);1H3,(H,3,4)/t28-,29-,30-,31-,32-,35-;/m0./s1. The summed E-state index contributed by atoms with van der Waals surface area (Å²) in [6, 6.07) is 3.23. The molecule has 68 heavy (non-hydrogen) atoms. The van der Waals surface area contributed by atoms with E-state index in [9.17, 15) is 38.4 Å². The van der Waals surface area contributed by atoms with Gasteiger partial charge in [-0.1, -0.05) is 43.6 Å². The van der Waals surface area contributed by atoms with Crippen LogP contribution in [0, 0.1) is 5.92 Å². The number of carboxylic acid groups (broad SMARTS) is 1. The fourth-order valence-electron chi connectivity index (χ4n) is 7.16. The van der Waals surface area contributed by atoms with Gasteiger partial charge in [0.2, 0.25) is 47.3 Å². The fourth-order valence-corrected chi connectivity index (χ4v) is 9.02. The Morgan fingerprint density at radius 1 is 0.868 bits per heavy atom. The van der Waals surface area contributed by atoms with Crippen LogP contribution in [0.3, 0.4) is 0 Å². The smallest absolute Gasteiger partial charge is 0.300 e. The number of amides is 8. The molecule has 0 aliphatic carbocycles. The van der Waals surface area contributed by atoms with Crippen LogP contribution in [-0.4, -0.2) is 137 Å². The minimum absolute atomic E-state index is 0.00456. The van der Waals surface area contributed by atoms with Crippen molar-refractivity contribution in [3.8, 4) is 0 Å².